The van der Waals surface area contributed by atoms with E-state index < -0.39 is 16.0 Å². The summed E-state index contributed by atoms with van der Waals surface area (Å²) >= 11 is 0. The minimum absolute atomic E-state index is 0.167. The van der Waals surface area contributed by atoms with Gasteiger partial charge in [0.15, 0.2) is 0 Å². The normalized spacial score (nSPS) is 12.1. The molecule has 0 saturated carbocycles. The maximum absolute atomic E-state index is 12.4. The standard InChI is InChI=1S/C13H20N2O4S/c1-14(2)9-6-10-15(3)20(18,19)12-8-5-4-7-11(12)13(16)17/h4-5,7-8H,6,9-10H2,1-3H3,(H,16,17). The summed E-state index contributed by atoms with van der Waals surface area (Å²) in [5.74, 6) is -1.24. The summed E-state index contributed by atoms with van der Waals surface area (Å²) in [5, 5.41) is 9.07. The second kappa shape index (κ2) is 6.83. The fourth-order valence-electron chi connectivity index (χ4n) is 1.77. The number of sulfonamides is 1. The number of benzene rings is 1. The van der Waals surface area contributed by atoms with Crippen LogP contribution in [-0.2, 0) is 10.0 Å². The summed E-state index contributed by atoms with van der Waals surface area (Å²) in [5.41, 5.74) is -0.202. The highest BCUT2D eigenvalue weighted by Gasteiger charge is 2.25. The van der Waals surface area contributed by atoms with E-state index in [1.807, 2.05) is 19.0 Å². The van der Waals surface area contributed by atoms with Crippen molar-refractivity contribution in [2.24, 2.45) is 0 Å². The monoisotopic (exact) mass is 300 g/mol. The average molecular weight is 300 g/mol. The van der Waals surface area contributed by atoms with Crippen LogP contribution >= 0.6 is 0 Å². The number of carboxylic acid groups (broad SMARTS) is 1. The molecule has 6 nitrogen and oxygen atoms in total. The lowest BCUT2D eigenvalue weighted by Gasteiger charge is -2.19. The minimum Gasteiger partial charge on any atom is -0.478 e. The third-order valence-electron chi connectivity index (χ3n) is 2.88. The quantitative estimate of drug-likeness (QED) is 0.811. The van der Waals surface area contributed by atoms with Crippen LogP contribution in [0.3, 0.4) is 0 Å². The first kappa shape index (κ1) is 16.6. The molecule has 0 radical (unpaired) electrons. The zero-order valence-corrected chi connectivity index (χ0v) is 12.7. The molecule has 0 aliphatic rings. The summed E-state index contributed by atoms with van der Waals surface area (Å²) in [4.78, 5) is 12.9. The van der Waals surface area contributed by atoms with Crippen molar-refractivity contribution in [3.8, 4) is 0 Å². The van der Waals surface area contributed by atoms with Crippen LogP contribution in [0.4, 0.5) is 0 Å². The van der Waals surface area contributed by atoms with Gasteiger partial charge in [-0.15, -0.1) is 0 Å². The molecule has 1 N–H and O–H groups in total. The van der Waals surface area contributed by atoms with E-state index in [0.717, 1.165) is 6.54 Å². The van der Waals surface area contributed by atoms with E-state index in [2.05, 4.69) is 0 Å². The van der Waals surface area contributed by atoms with Crippen molar-refractivity contribution in [2.45, 2.75) is 11.3 Å². The first-order chi connectivity index (χ1) is 9.26. The van der Waals surface area contributed by atoms with Crippen LogP contribution in [0.5, 0.6) is 0 Å². The van der Waals surface area contributed by atoms with Crippen molar-refractivity contribution in [2.75, 3.05) is 34.2 Å². The molecule has 0 fully saturated rings. The van der Waals surface area contributed by atoms with Crippen molar-refractivity contribution in [1.82, 2.24) is 9.21 Å². The Bertz CT molecular complexity index is 569. The summed E-state index contributed by atoms with van der Waals surface area (Å²) in [6.07, 6.45) is 0.679. The number of carboxylic acids is 1. The van der Waals surface area contributed by atoms with Gasteiger partial charge in [0.05, 0.1) is 10.5 Å². The zero-order valence-electron chi connectivity index (χ0n) is 11.9. The van der Waals surface area contributed by atoms with Gasteiger partial charge in [-0.1, -0.05) is 12.1 Å². The zero-order chi connectivity index (χ0) is 15.3. The molecule has 0 spiro atoms. The van der Waals surface area contributed by atoms with Crippen molar-refractivity contribution in [3.05, 3.63) is 29.8 Å². The smallest absolute Gasteiger partial charge is 0.337 e. The van der Waals surface area contributed by atoms with Gasteiger partial charge in [-0.3, -0.25) is 0 Å². The van der Waals surface area contributed by atoms with Gasteiger partial charge in [-0.25, -0.2) is 17.5 Å². The van der Waals surface area contributed by atoms with Gasteiger partial charge in [-0.2, -0.15) is 0 Å². The first-order valence-electron chi connectivity index (χ1n) is 6.20. The summed E-state index contributed by atoms with van der Waals surface area (Å²) in [6.45, 7) is 1.11. The Balaban J connectivity index is 2.96. The van der Waals surface area contributed by atoms with E-state index in [1.54, 1.807) is 0 Å². The molecule has 0 atom stereocenters. The Hall–Kier alpha value is -1.44. The molecule has 0 aliphatic carbocycles. The predicted octanol–water partition coefficient (Wildman–Crippen LogP) is 0.957. The molecule has 0 amide bonds. The topological polar surface area (TPSA) is 77.9 Å². The van der Waals surface area contributed by atoms with Gasteiger partial charge in [-0.05, 0) is 39.2 Å². The largest absolute Gasteiger partial charge is 0.478 e. The Morgan fingerprint density at radius 1 is 1.15 bits per heavy atom. The Morgan fingerprint density at radius 2 is 1.75 bits per heavy atom. The van der Waals surface area contributed by atoms with Gasteiger partial charge in [0.1, 0.15) is 0 Å². The maximum Gasteiger partial charge on any atom is 0.337 e. The third kappa shape index (κ3) is 4.03. The SMILES string of the molecule is CN(C)CCCN(C)S(=O)(=O)c1ccccc1C(=O)O. The number of nitrogens with zero attached hydrogens (tertiary/aromatic N) is 2. The highest BCUT2D eigenvalue weighted by Crippen LogP contribution is 2.19. The molecular weight excluding hydrogens is 280 g/mol. The molecule has 7 heteroatoms. The lowest BCUT2D eigenvalue weighted by Crippen LogP contribution is -2.31. The van der Waals surface area contributed by atoms with Gasteiger partial charge >= 0.3 is 5.97 Å². The number of hydrogen-bond donors (Lipinski definition) is 1. The van der Waals surface area contributed by atoms with Crippen LogP contribution in [0.1, 0.15) is 16.8 Å². The van der Waals surface area contributed by atoms with E-state index in [0.29, 0.717) is 13.0 Å². The Kier molecular flexibility index (Phi) is 5.67. The molecular formula is C13H20N2O4S. The fourth-order valence-corrected chi connectivity index (χ4v) is 3.15. The van der Waals surface area contributed by atoms with Crippen LogP contribution < -0.4 is 0 Å². The molecule has 20 heavy (non-hydrogen) atoms. The number of aromatic carboxylic acids is 1. The van der Waals surface area contributed by atoms with E-state index in [9.17, 15) is 13.2 Å². The molecule has 1 aromatic carbocycles. The lowest BCUT2D eigenvalue weighted by molar-refractivity contribution is 0.0692. The molecule has 1 rings (SSSR count). The van der Waals surface area contributed by atoms with Crippen molar-refractivity contribution in [3.63, 3.8) is 0 Å². The molecule has 0 aliphatic heterocycles. The van der Waals surface area contributed by atoms with Crippen LogP contribution in [0.25, 0.3) is 0 Å². The van der Waals surface area contributed by atoms with Crippen molar-refractivity contribution >= 4 is 16.0 Å². The first-order valence-corrected chi connectivity index (χ1v) is 7.64. The predicted molar refractivity (Wildman–Crippen MR) is 76.4 cm³/mol. The minimum atomic E-state index is -3.78. The van der Waals surface area contributed by atoms with E-state index in [-0.39, 0.29) is 10.5 Å². The second-order valence-electron chi connectivity index (χ2n) is 4.78. The van der Waals surface area contributed by atoms with Crippen LogP contribution in [-0.4, -0.2) is 62.9 Å². The number of hydrogen-bond acceptors (Lipinski definition) is 4. The van der Waals surface area contributed by atoms with Gasteiger partial charge < -0.3 is 10.0 Å². The highest BCUT2D eigenvalue weighted by atomic mass is 32.2. The summed E-state index contributed by atoms with van der Waals surface area (Å²) in [7, 11) is 1.51. The lowest BCUT2D eigenvalue weighted by atomic mass is 10.2. The highest BCUT2D eigenvalue weighted by molar-refractivity contribution is 7.89. The molecule has 0 bridgehead atoms. The maximum atomic E-state index is 12.4. The number of rotatable bonds is 7. The molecule has 0 saturated heterocycles. The van der Waals surface area contributed by atoms with Gasteiger partial charge in [0.2, 0.25) is 10.0 Å². The third-order valence-corrected chi connectivity index (χ3v) is 4.80. The molecule has 0 heterocycles. The molecule has 0 aromatic heterocycles. The van der Waals surface area contributed by atoms with Crippen LogP contribution in [0.15, 0.2) is 29.2 Å². The fraction of sp³-hybridized carbons (Fsp3) is 0.462. The van der Waals surface area contributed by atoms with Gasteiger partial charge in [0, 0.05) is 13.6 Å². The van der Waals surface area contributed by atoms with E-state index in [1.165, 1.54) is 35.6 Å². The molecule has 1 aromatic rings. The number of carbonyl (C=O) groups is 1. The summed E-state index contributed by atoms with van der Waals surface area (Å²) < 4.78 is 26.0. The summed E-state index contributed by atoms with van der Waals surface area (Å²) in [6, 6.07) is 5.64. The van der Waals surface area contributed by atoms with Crippen LogP contribution in [0.2, 0.25) is 0 Å². The average Bonchev–Trinajstić information content (AvgIpc) is 2.38. The second-order valence-corrected chi connectivity index (χ2v) is 6.80. The van der Waals surface area contributed by atoms with Gasteiger partial charge in [0.25, 0.3) is 0 Å². The van der Waals surface area contributed by atoms with Crippen molar-refractivity contribution in [1.29, 1.82) is 0 Å². The van der Waals surface area contributed by atoms with E-state index in [4.69, 9.17) is 5.11 Å². The molecule has 112 valence electrons. The Morgan fingerprint density at radius 3 is 2.30 bits per heavy atom. The van der Waals surface area contributed by atoms with Crippen LogP contribution in [0, 0.1) is 0 Å². The Labute approximate surface area is 119 Å². The van der Waals surface area contributed by atoms with E-state index >= 15 is 0 Å². The molecule has 0 unspecified atom stereocenters. The van der Waals surface area contributed by atoms with Crippen molar-refractivity contribution < 1.29 is 18.3 Å².